The molecule has 0 atom stereocenters. The van der Waals surface area contributed by atoms with Gasteiger partial charge in [0.2, 0.25) is 0 Å². The lowest BCUT2D eigenvalue weighted by atomic mass is 10.1. The van der Waals surface area contributed by atoms with Crippen LogP contribution < -0.4 is 5.43 Å². The molecule has 0 radical (unpaired) electrons. The molecule has 2 nitrogen and oxygen atoms in total. The van der Waals surface area contributed by atoms with Crippen LogP contribution in [-0.4, -0.2) is 4.57 Å². The number of aryl methyl sites for hydroxylation is 1. The standard InChI is InChI=1S/C14H10ClNO/c1-16-12-8-3-2-5-9(12)14(17)10-6-4-7-11(15)13(10)16/h2-8H,1H3. The van der Waals surface area contributed by atoms with Crippen LogP contribution >= 0.6 is 11.6 Å². The number of aromatic nitrogens is 1. The lowest BCUT2D eigenvalue weighted by Gasteiger charge is -2.11. The largest absolute Gasteiger partial charge is 0.342 e. The minimum absolute atomic E-state index is 0.0381. The molecule has 0 N–H and O–H groups in total. The van der Waals surface area contributed by atoms with E-state index in [1.807, 2.05) is 41.9 Å². The van der Waals surface area contributed by atoms with Gasteiger partial charge in [0, 0.05) is 17.8 Å². The van der Waals surface area contributed by atoms with Crippen molar-refractivity contribution in [1.29, 1.82) is 0 Å². The highest BCUT2D eigenvalue weighted by molar-refractivity contribution is 6.35. The van der Waals surface area contributed by atoms with Gasteiger partial charge in [-0.3, -0.25) is 4.79 Å². The van der Waals surface area contributed by atoms with Gasteiger partial charge in [0.05, 0.1) is 16.1 Å². The minimum atomic E-state index is 0.0381. The van der Waals surface area contributed by atoms with E-state index in [1.165, 1.54) is 0 Å². The van der Waals surface area contributed by atoms with Crippen LogP contribution in [0.1, 0.15) is 0 Å². The predicted molar refractivity (Wildman–Crippen MR) is 71.7 cm³/mol. The van der Waals surface area contributed by atoms with Crippen molar-refractivity contribution in [3.8, 4) is 0 Å². The molecule has 0 saturated heterocycles. The van der Waals surface area contributed by atoms with Crippen molar-refractivity contribution < 1.29 is 0 Å². The average Bonchev–Trinajstić information content (AvgIpc) is 2.36. The van der Waals surface area contributed by atoms with Crippen molar-refractivity contribution in [3.63, 3.8) is 0 Å². The summed E-state index contributed by atoms with van der Waals surface area (Å²) in [5, 5.41) is 2.00. The van der Waals surface area contributed by atoms with Crippen molar-refractivity contribution in [2.45, 2.75) is 0 Å². The second-order valence-corrected chi connectivity index (χ2v) is 4.45. The first-order valence-corrected chi connectivity index (χ1v) is 5.74. The predicted octanol–water partition coefficient (Wildman–Crippen LogP) is 3.35. The van der Waals surface area contributed by atoms with Crippen molar-refractivity contribution in [3.05, 3.63) is 57.7 Å². The van der Waals surface area contributed by atoms with Crippen LogP contribution in [0.3, 0.4) is 0 Å². The van der Waals surface area contributed by atoms with E-state index in [1.54, 1.807) is 12.1 Å². The number of hydrogen-bond acceptors (Lipinski definition) is 1. The van der Waals surface area contributed by atoms with Gasteiger partial charge in [0.1, 0.15) is 0 Å². The van der Waals surface area contributed by atoms with E-state index in [0.29, 0.717) is 10.4 Å². The Balaban J connectivity index is 2.74. The molecule has 17 heavy (non-hydrogen) atoms. The SMILES string of the molecule is Cn1c2ccccc2c(=O)c2cccc(Cl)c21. The summed E-state index contributed by atoms with van der Waals surface area (Å²) in [5.74, 6) is 0. The summed E-state index contributed by atoms with van der Waals surface area (Å²) in [6.45, 7) is 0. The molecule has 0 aliphatic rings. The zero-order valence-corrected chi connectivity index (χ0v) is 10.0. The first-order chi connectivity index (χ1) is 8.20. The van der Waals surface area contributed by atoms with Crippen LogP contribution in [0.25, 0.3) is 21.8 Å². The normalized spacial score (nSPS) is 11.2. The van der Waals surface area contributed by atoms with Crippen LogP contribution in [0.15, 0.2) is 47.3 Å². The van der Waals surface area contributed by atoms with E-state index in [2.05, 4.69) is 0 Å². The van der Waals surface area contributed by atoms with Crippen LogP contribution in [-0.2, 0) is 7.05 Å². The quantitative estimate of drug-likeness (QED) is 0.555. The highest BCUT2D eigenvalue weighted by atomic mass is 35.5. The summed E-state index contributed by atoms with van der Waals surface area (Å²) in [6, 6.07) is 13.0. The molecule has 2 aromatic carbocycles. The molecule has 0 aliphatic carbocycles. The Morgan fingerprint density at radius 3 is 2.53 bits per heavy atom. The van der Waals surface area contributed by atoms with E-state index in [4.69, 9.17) is 11.6 Å². The third-order valence-electron chi connectivity index (χ3n) is 3.08. The Morgan fingerprint density at radius 1 is 1.00 bits per heavy atom. The number of rotatable bonds is 0. The summed E-state index contributed by atoms with van der Waals surface area (Å²) in [7, 11) is 1.93. The number of nitrogens with zero attached hydrogens (tertiary/aromatic N) is 1. The molecule has 0 saturated carbocycles. The summed E-state index contributed by atoms with van der Waals surface area (Å²) < 4.78 is 1.97. The molecule has 1 aromatic heterocycles. The van der Waals surface area contributed by atoms with E-state index < -0.39 is 0 Å². The zero-order valence-electron chi connectivity index (χ0n) is 9.27. The van der Waals surface area contributed by atoms with Gasteiger partial charge in [-0.05, 0) is 24.3 Å². The van der Waals surface area contributed by atoms with E-state index >= 15 is 0 Å². The van der Waals surface area contributed by atoms with Gasteiger partial charge in [-0.1, -0.05) is 29.8 Å². The van der Waals surface area contributed by atoms with E-state index in [9.17, 15) is 4.79 Å². The number of para-hydroxylation sites is 2. The molecule has 0 amide bonds. The number of pyridine rings is 1. The lowest BCUT2D eigenvalue weighted by molar-refractivity contribution is 1.00. The van der Waals surface area contributed by atoms with Crippen molar-refractivity contribution in [2.24, 2.45) is 7.05 Å². The summed E-state index contributed by atoms with van der Waals surface area (Å²) >= 11 is 6.17. The highest BCUT2D eigenvalue weighted by Gasteiger charge is 2.09. The van der Waals surface area contributed by atoms with Gasteiger partial charge in [0.25, 0.3) is 0 Å². The van der Waals surface area contributed by atoms with Crippen LogP contribution in [0.2, 0.25) is 5.02 Å². The molecule has 0 spiro atoms. The highest BCUT2D eigenvalue weighted by Crippen LogP contribution is 2.24. The maximum absolute atomic E-state index is 12.3. The molecule has 1 heterocycles. The molecule has 3 heteroatoms. The van der Waals surface area contributed by atoms with Gasteiger partial charge in [-0.25, -0.2) is 0 Å². The molecule has 3 aromatic rings. The average molecular weight is 244 g/mol. The molecule has 0 aliphatic heterocycles. The second-order valence-electron chi connectivity index (χ2n) is 4.04. The number of halogens is 1. The maximum atomic E-state index is 12.3. The smallest absolute Gasteiger partial charge is 0.197 e. The molecule has 0 bridgehead atoms. The van der Waals surface area contributed by atoms with Crippen molar-refractivity contribution in [1.82, 2.24) is 4.57 Å². The van der Waals surface area contributed by atoms with Gasteiger partial charge in [0.15, 0.2) is 5.43 Å². The topological polar surface area (TPSA) is 22.0 Å². The molecule has 0 unspecified atom stereocenters. The van der Waals surface area contributed by atoms with E-state index in [-0.39, 0.29) is 5.43 Å². The third-order valence-corrected chi connectivity index (χ3v) is 3.38. The zero-order chi connectivity index (χ0) is 12.0. The fourth-order valence-electron chi connectivity index (χ4n) is 2.26. The summed E-state index contributed by atoms with van der Waals surface area (Å²) in [4.78, 5) is 12.3. The number of hydrogen-bond donors (Lipinski definition) is 0. The second kappa shape index (κ2) is 3.60. The maximum Gasteiger partial charge on any atom is 0.197 e. The first kappa shape index (κ1) is 10.4. The Morgan fingerprint density at radius 2 is 1.71 bits per heavy atom. The molecule has 84 valence electrons. The molecular weight excluding hydrogens is 234 g/mol. The Hall–Kier alpha value is -1.80. The Labute approximate surface area is 103 Å². The molecule has 0 fully saturated rings. The van der Waals surface area contributed by atoms with Gasteiger partial charge in [-0.15, -0.1) is 0 Å². The van der Waals surface area contributed by atoms with E-state index in [0.717, 1.165) is 16.4 Å². The molecule has 3 rings (SSSR count). The number of benzene rings is 2. The fraction of sp³-hybridized carbons (Fsp3) is 0.0714. The third kappa shape index (κ3) is 1.38. The van der Waals surface area contributed by atoms with Crippen LogP contribution in [0.4, 0.5) is 0 Å². The lowest BCUT2D eigenvalue weighted by Crippen LogP contribution is -2.09. The van der Waals surface area contributed by atoms with Crippen molar-refractivity contribution in [2.75, 3.05) is 0 Å². The minimum Gasteiger partial charge on any atom is -0.342 e. The van der Waals surface area contributed by atoms with Crippen molar-refractivity contribution >= 4 is 33.4 Å². The summed E-state index contributed by atoms with van der Waals surface area (Å²) in [5.41, 5.74) is 1.73. The summed E-state index contributed by atoms with van der Waals surface area (Å²) in [6.07, 6.45) is 0. The van der Waals surface area contributed by atoms with Gasteiger partial charge < -0.3 is 4.57 Å². The Bertz CT molecular complexity index is 789. The van der Waals surface area contributed by atoms with Crippen LogP contribution in [0.5, 0.6) is 0 Å². The fourth-order valence-corrected chi connectivity index (χ4v) is 2.56. The number of fused-ring (bicyclic) bond motifs is 2. The van der Waals surface area contributed by atoms with Crippen LogP contribution in [0, 0.1) is 0 Å². The molecular formula is C14H10ClNO. The Kier molecular flexibility index (Phi) is 2.20. The van der Waals surface area contributed by atoms with Gasteiger partial charge in [-0.2, -0.15) is 0 Å². The first-order valence-electron chi connectivity index (χ1n) is 5.36. The van der Waals surface area contributed by atoms with Gasteiger partial charge >= 0.3 is 0 Å². The monoisotopic (exact) mass is 243 g/mol.